The van der Waals surface area contributed by atoms with Crippen molar-refractivity contribution in [3.8, 4) is 0 Å². The molecule has 2 fully saturated rings. The van der Waals surface area contributed by atoms with E-state index in [-0.39, 0.29) is 0 Å². The van der Waals surface area contributed by atoms with Gasteiger partial charge in [0.2, 0.25) is 0 Å². The van der Waals surface area contributed by atoms with Crippen LogP contribution >= 0.6 is 0 Å². The highest BCUT2D eigenvalue weighted by Crippen LogP contribution is 2.24. The quantitative estimate of drug-likeness (QED) is 0.478. The monoisotopic (exact) mass is 184 g/mol. The van der Waals surface area contributed by atoms with Gasteiger partial charge in [-0.3, -0.25) is 9.91 Å². The Morgan fingerprint density at radius 1 is 1.00 bits per heavy atom. The lowest BCUT2D eigenvalue weighted by Crippen LogP contribution is -2.47. The standard InChI is InChI=1S/C9H17N3O/c13-10-12-7-5-11(6-8-12)9-3-1-2-4-9/h9H,1-8H2/i10+1. The van der Waals surface area contributed by atoms with Gasteiger partial charge in [-0.1, -0.05) is 12.8 Å². The number of nitroso groups, excluding NO2 is 1. The van der Waals surface area contributed by atoms with E-state index in [0.29, 0.717) is 0 Å². The van der Waals surface area contributed by atoms with Crippen LogP contribution in [-0.2, 0) is 0 Å². The molecule has 0 spiro atoms. The van der Waals surface area contributed by atoms with Crippen molar-refractivity contribution in [2.24, 2.45) is 5.29 Å². The van der Waals surface area contributed by atoms with Crippen LogP contribution in [0.4, 0.5) is 0 Å². The second-order valence-corrected chi connectivity index (χ2v) is 4.01. The highest BCUT2D eigenvalue weighted by Gasteiger charge is 2.25. The molecule has 0 atom stereocenters. The van der Waals surface area contributed by atoms with Gasteiger partial charge in [-0.2, -0.15) is 0 Å². The average Bonchev–Trinajstić information content (AvgIpc) is 2.71. The highest BCUT2D eigenvalue weighted by atomic mass is 16.5. The fraction of sp³-hybridized carbons (Fsp3) is 1.00. The molecule has 2 aliphatic rings. The minimum Gasteiger partial charge on any atom is -0.297 e. The van der Waals surface area contributed by atoms with Gasteiger partial charge in [-0.15, -0.1) is 4.91 Å². The van der Waals surface area contributed by atoms with Crippen LogP contribution in [0.5, 0.6) is 0 Å². The van der Waals surface area contributed by atoms with Gasteiger partial charge in [0.1, 0.15) is 0 Å². The largest absolute Gasteiger partial charge is 0.297 e. The Labute approximate surface area is 78.8 Å². The van der Waals surface area contributed by atoms with E-state index in [1.807, 2.05) is 0 Å². The number of nitrogens with zero attached hydrogens (tertiary/aromatic N) is 3. The fourth-order valence-electron chi connectivity index (χ4n) is 2.43. The van der Waals surface area contributed by atoms with Gasteiger partial charge < -0.3 is 0 Å². The van der Waals surface area contributed by atoms with E-state index in [2.05, 4.69) is 10.2 Å². The first-order valence-corrected chi connectivity index (χ1v) is 5.22. The van der Waals surface area contributed by atoms with E-state index in [4.69, 9.17) is 0 Å². The van der Waals surface area contributed by atoms with Gasteiger partial charge >= 0.3 is 0 Å². The van der Waals surface area contributed by atoms with Crippen LogP contribution in [-0.4, -0.2) is 42.1 Å². The summed E-state index contributed by atoms with van der Waals surface area (Å²) in [5.74, 6) is 0. The van der Waals surface area contributed by atoms with Crippen LogP contribution in [0.3, 0.4) is 0 Å². The van der Waals surface area contributed by atoms with E-state index in [1.54, 1.807) is 5.01 Å². The van der Waals surface area contributed by atoms with Crippen molar-refractivity contribution in [2.75, 3.05) is 26.2 Å². The SMILES string of the molecule is O=[15N]N1CCN(C2CCCC2)CC1. The molecule has 1 saturated heterocycles. The summed E-state index contributed by atoms with van der Waals surface area (Å²) in [7, 11) is 0. The molecule has 0 radical (unpaired) electrons. The predicted octanol–water partition coefficient (Wildman–Crippen LogP) is 1.23. The second-order valence-electron chi connectivity index (χ2n) is 4.01. The molecule has 74 valence electrons. The van der Waals surface area contributed by atoms with Gasteiger partial charge in [0.05, 0.1) is 18.4 Å². The van der Waals surface area contributed by atoms with Crippen LogP contribution in [0.2, 0.25) is 0 Å². The second kappa shape index (κ2) is 4.05. The summed E-state index contributed by atoms with van der Waals surface area (Å²) in [5, 5.41) is 4.60. The Morgan fingerprint density at radius 3 is 2.15 bits per heavy atom. The molecule has 4 nitrogen and oxygen atoms in total. The smallest absolute Gasteiger partial charge is 0.0524 e. The molecule has 0 aromatic carbocycles. The highest BCUT2D eigenvalue weighted by molar-refractivity contribution is 4.80. The maximum Gasteiger partial charge on any atom is 0.0524 e. The molecular formula is C9H17N3O. The lowest BCUT2D eigenvalue weighted by Gasteiger charge is -2.35. The molecule has 0 unspecified atom stereocenters. The summed E-state index contributed by atoms with van der Waals surface area (Å²) >= 11 is 0. The summed E-state index contributed by atoms with van der Waals surface area (Å²) in [6.45, 7) is 3.69. The van der Waals surface area contributed by atoms with Crippen molar-refractivity contribution in [3.63, 3.8) is 0 Å². The summed E-state index contributed by atoms with van der Waals surface area (Å²) in [6, 6.07) is 0.800. The van der Waals surface area contributed by atoms with Gasteiger partial charge in [-0.05, 0) is 12.8 Å². The Hall–Kier alpha value is -0.640. The summed E-state index contributed by atoms with van der Waals surface area (Å²) in [4.78, 5) is 12.8. The zero-order chi connectivity index (χ0) is 9.10. The van der Waals surface area contributed by atoms with Gasteiger partial charge in [0.25, 0.3) is 0 Å². The lowest BCUT2D eigenvalue weighted by molar-refractivity contribution is 0.0990. The number of hydrogen-bond acceptors (Lipinski definition) is 3. The van der Waals surface area contributed by atoms with Crippen molar-refractivity contribution in [1.82, 2.24) is 9.91 Å². The minimum atomic E-state index is 0.800. The minimum absolute atomic E-state index is 0.800. The molecule has 0 amide bonds. The van der Waals surface area contributed by atoms with Crippen molar-refractivity contribution >= 4 is 0 Å². The number of rotatable bonds is 2. The molecule has 1 heterocycles. The van der Waals surface area contributed by atoms with Crippen molar-refractivity contribution < 1.29 is 0 Å². The van der Waals surface area contributed by atoms with E-state index in [9.17, 15) is 4.91 Å². The summed E-state index contributed by atoms with van der Waals surface area (Å²) in [5.41, 5.74) is 0. The number of hydrogen-bond donors (Lipinski definition) is 0. The van der Waals surface area contributed by atoms with Crippen LogP contribution in [0, 0.1) is 4.91 Å². The first-order chi connectivity index (χ1) is 6.40. The van der Waals surface area contributed by atoms with Crippen molar-refractivity contribution in [2.45, 2.75) is 31.7 Å². The molecule has 13 heavy (non-hydrogen) atoms. The third-order valence-corrected chi connectivity index (χ3v) is 3.25. The Morgan fingerprint density at radius 2 is 1.62 bits per heavy atom. The molecular weight excluding hydrogens is 167 g/mol. The zero-order valence-corrected chi connectivity index (χ0v) is 7.98. The van der Waals surface area contributed by atoms with Crippen LogP contribution < -0.4 is 0 Å². The van der Waals surface area contributed by atoms with E-state index < -0.39 is 0 Å². The molecule has 1 saturated carbocycles. The van der Waals surface area contributed by atoms with Gasteiger partial charge in [-0.25, -0.2) is 0 Å². The third kappa shape index (κ3) is 1.99. The van der Waals surface area contributed by atoms with Crippen LogP contribution in [0.25, 0.3) is 0 Å². The molecule has 1 aliphatic carbocycles. The molecule has 0 aromatic heterocycles. The molecule has 0 N–H and O–H groups in total. The lowest BCUT2D eigenvalue weighted by atomic mass is 10.2. The molecule has 0 aromatic rings. The maximum absolute atomic E-state index is 10.2. The van der Waals surface area contributed by atoms with Crippen LogP contribution in [0.15, 0.2) is 5.29 Å². The first kappa shape index (κ1) is 8.94. The molecule has 4 heteroatoms. The van der Waals surface area contributed by atoms with Crippen LogP contribution in [0.1, 0.15) is 25.7 Å². The zero-order valence-electron chi connectivity index (χ0n) is 7.98. The van der Waals surface area contributed by atoms with Crippen molar-refractivity contribution in [3.05, 3.63) is 4.91 Å². The summed E-state index contributed by atoms with van der Waals surface area (Å²) in [6.07, 6.45) is 5.48. The Bertz CT molecular complexity index is 172. The molecule has 0 bridgehead atoms. The average molecular weight is 184 g/mol. The molecule has 1 aliphatic heterocycles. The first-order valence-electron chi connectivity index (χ1n) is 5.22. The summed E-state index contributed by atoms with van der Waals surface area (Å²) < 4.78 is 0. The normalized spacial score (nSPS) is 26.6. The van der Waals surface area contributed by atoms with Gasteiger partial charge in [0, 0.05) is 19.1 Å². The predicted molar refractivity (Wildman–Crippen MR) is 51.2 cm³/mol. The fourth-order valence-corrected chi connectivity index (χ4v) is 2.43. The third-order valence-electron chi connectivity index (χ3n) is 3.25. The Kier molecular flexibility index (Phi) is 2.78. The topological polar surface area (TPSA) is 35.9 Å². The maximum atomic E-state index is 10.2. The van der Waals surface area contributed by atoms with Crippen molar-refractivity contribution in [1.29, 1.82) is 0 Å². The van der Waals surface area contributed by atoms with E-state index >= 15 is 0 Å². The van der Waals surface area contributed by atoms with E-state index in [0.717, 1.165) is 32.2 Å². The Balaban J connectivity index is 1.79. The molecule has 2 rings (SSSR count). The van der Waals surface area contributed by atoms with E-state index in [1.165, 1.54) is 25.7 Å². The number of piperazine rings is 1. The van der Waals surface area contributed by atoms with Gasteiger partial charge in [0.15, 0.2) is 0 Å².